The summed E-state index contributed by atoms with van der Waals surface area (Å²) in [5.74, 6) is -0.457. The third-order valence-corrected chi connectivity index (χ3v) is 4.11. The maximum absolute atomic E-state index is 11.3. The van der Waals surface area contributed by atoms with Crippen LogP contribution >= 0.6 is 11.3 Å². The smallest absolute Gasteiger partial charge is 0.253 e. The van der Waals surface area contributed by atoms with Crippen molar-refractivity contribution in [3.05, 3.63) is 29.8 Å². The Balaban J connectivity index is 2.20. The second kappa shape index (κ2) is 3.67. The number of hydrogen-bond donors (Lipinski definition) is 1. The molecule has 18 heavy (non-hydrogen) atoms. The lowest BCUT2D eigenvalue weighted by Crippen LogP contribution is -2.09. The predicted molar refractivity (Wildman–Crippen MR) is 68.5 cm³/mol. The van der Waals surface area contributed by atoms with Gasteiger partial charge in [-0.2, -0.15) is 10.2 Å². The second-order valence-corrected chi connectivity index (χ2v) is 5.07. The van der Waals surface area contributed by atoms with Crippen LogP contribution in [0.15, 0.2) is 18.6 Å². The number of primary amides is 1. The SMILES string of the molecule is Cc1c(-c2cn3ncc(C(N)=O)c3s2)cnn1C. The van der Waals surface area contributed by atoms with E-state index in [2.05, 4.69) is 10.2 Å². The Labute approximate surface area is 107 Å². The Bertz CT molecular complexity index is 751. The summed E-state index contributed by atoms with van der Waals surface area (Å²) in [5, 5.41) is 8.33. The van der Waals surface area contributed by atoms with Crippen LogP contribution in [0.1, 0.15) is 16.1 Å². The Hall–Kier alpha value is -2.15. The first-order valence-corrected chi connectivity index (χ1v) is 6.15. The van der Waals surface area contributed by atoms with E-state index in [9.17, 15) is 4.79 Å². The van der Waals surface area contributed by atoms with Gasteiger partial charge in [-0.3, -0.25) is 9.48 Å². The molecule has 0 radical (unpaired) electrons. The highest BCUT2D eigenvalue weighted by molar-refractivity contribution is 7.21. The molecule has 0 unspecified atom stereocenters. The number of thiazole rings is 1. The number of aryl methyl sites for hydroxylation is 1. The highest BCUT2D eigenvalue weighted by Gasteiger charge is 2.15. The first-order chi connectivity index (χ1) is 8.58. The van der Waals surface area contributed by atoms with Crippen molar-refractivity contribution in [3.63, 3.8) is 0 Å². The molecule has 0 saturated heterocycles. The molecule has 0 bridgehead atoms. The molecule has 0 aliphatic rings. The summed E-state index contributed by atoms with van der Waals surface area (Å²) >= 11 is 1.49. The predicted octanol–water partition coefficient (Wildman–Crippen LogP) is 1.20. The summed E-state index contributed by atoms with van der Waals surface area (Å²) in [7, 11) is 1.90. The molecule has 0 atom stereocenters. The molecule has 2 N–H and O–H groups in total. The summed E-state index contributed by atoms with van der Waals surface area (Å²) in [4.78, 5) is 13.0. The van der Waals surface area contributed by atoms with E-state index in [1.165, 1.54) is 17.5 Å². The van der Waals surface area contributed by atoms with Gasteiger partial charge in [0, 0.05) is 24.5 Å². The molecule has 0 saturated carbocycles. The molecule has 3 aromatic heterocycles. The molecule has 0 aromatic carbocycles. The van der Waals surface area contributed by atoms with Crippen molar-refractivity contribution in [2.24, 2.45) is 12.8 Å². The lowest BCUT2D eigenvalue weighted by atomic mass is 10.2. The van der Waals surface area contributed by atoms with Crippen LogP contribution in [0.25, 0.3) is 15.3 Å². The van der Waals surface area contributed by atoms with E-state index in [0.29, 0.717) is 5.56 Å². The van der Waals surface area contributed by atoms with Gasteiger partial charge >= 0.3 is 0 Å². The van der Waals surface area contributed by atoms with E-state index in [1.54, 1.807) is 4.52 Å². The fourth-order valence-electron chi connectivity index (χ4n) is 1.82. The highest BCUT2D eigenvalue weighted by atomic mass is 32.1. The zero-order valence-corrected chi connectivity index (χ0v) is 10.7. The highest BCUT2D eigenvalue weighted by Crippen LogP contribution is 2.31. The van der Waals surface area contributed by atoms with Crippen molar-refractivity contribution >= 4 is 22.1 Å². The normalized spacial score (nSPS) is 11.2. The second-order valence-electron chi connectivity index (χ2n) is 4.03. The van der Waals surface area contributed by atoms with E-state index < -0.39 is 5.91 Å². The van der Waals surface area contributed by atoms with Gasteiger partial charge in [0.05, 0.1) is 22.8 Å². The van der Waals surface area contributed by atoms with Gasteiger partial charge in [-0.05, 0) is 6.92 Å². The summed E-state index contributed by atoms with van der Waals surface area (Å²) in [6.45, 7) is 2.00. The fourth-order valence-corrected chi connectivity index (χ4v) is 2.95. The maximum atomic E-state index is 11.3. The van der Waals surface area contributed by atoms with Gasteiger partial charge in [0.1, 0.15) is 4.83 Å². The quantitative estimate of drug-likeness (QED) is 0.753. The molecule has 6 nitrogen and oxygen atoms in total. The number of nitrogens with two attached hydrogens (primary N) is 1. The van der Waals surface area contributed by atoms with E-state index >= 15 is 0 Å². The van der Waals surface area contributed by atoms with Crippen LogP contribution in [0.3, 0.4) is 0 Å². The Morgan fingerprint density at radius 2 is 2.17 bits per heavy atom. The number of fused-ring (bicyclic) bond motifs is 1. The number of hydrogen-bond acceptors (Lipinski definition) is 4. The molecule has 3 aromatic rings. The average molecular weight is 261 g/mol. The number of carbonyl (C=O) groups is 1. The van der Waals surface area contributed by atoms with E-state index in [0.717, 1.165) is 21.0 Å². The van der Waals surface area contributed by atoms with Crippen LogP contribution in [0, 0.1) is 6.92 Å². The van der Waals surface area contributed by atoms with Crippen molar-refractivity contribution in [3.8, 4) is 10.4 Å². The molecule has 3 rings (SSSR count). The standard InChI is InChI=1S/C11H11N5OS/c1-6-7(3-13-15(6)2)9-5-16-11(18-9)8(4-14-16)10(12)17/h3-5H,1-2H3,(H2,12,17). The Morgan fingerprint density at radius 3 is 2.78 bits per heavy atom. The number of nitrogens with zero attached hydrogens (tertiary/aromatic N) is 4. The van der Waals surface area contributed by atoms with Gasteiger partial charge < -0.3 is 5.73 Å². The van der Waals surface area contributed by atoms with E-state index in [-0.39, 0.29) is 0 Å². The van der Waals surface area contributed by atoms with Crippen molar-refractivity contribution in [1.82, 2.24) is 19.4 Å². The maximum Gasteiger partial charge on any atom is 0.253 e. The molecule has 0 aliphatic carbocycles. The van der Waals surface area contributed by atoms with Crippen molar-refractivity contribution in [2.75, 3.05) is 0 Å². The van der Waals surface area contributed by atoms with E-state index in [4.69, 9.17) is 5.73 Å². The van der Waals surface area contributed by atoms with Gasteiger partial charge in [-0.25, -0.2) is 4.52 Å². The Morgan fingerprint density at radius 1 is 1.39 bits per heavy atom. The molecule has 0 spiro atoms. The van der Waals surface area contributed by atoms with Crippen molar-refractivity contribution in [2.45, 2.75) is 6.92 Å². The van der Waals surface area contributed by atoms with Crippen LogP contribution < -0.4 is 5.73 Å². The number of rotatable bonds is 2. The molecule has 3 heterocycles. The zero-order valence-electron chi connectivity index (χ0n) is 9.91. The monoisotopic (exact) mass is 261 g/mol. The van der Waals surface area contributed by atoms with Crippen molar-refractivity contribution < 1.29 is 4.79 Å². The van der Waals surface area contributed by atoms with Crippen molar-refractivity contribution in [1.29, 1.82) is 0 Å². The van der Waals surface area contributed by atoms with Crippen LogP contribution in [0.4, 0.5) is 0 Å². The lowest BCUT2D eigenvalue weighted by Gasteiger charge is -1.95. The van der Waals surface area contributed by atoms with Gasteiger partial charge in [0.25, 0.3) is 5.91 Å². The zero-order chi connectivity index (χ0) is 12.9. The largest absolute Gasteiger partial charge is 0.365 e. The van der Waals surface area contributed by atoms with Gasteiger partial charge in [0.15, 0.2) is 0 Å². The van der Waals surface area contributed by atoms with Crippen LogP contribution in [-0.4, -0.2) is 25.3 Å². The van der Waals surface area contributed by atoms with Crippen LogP contribution in [0.5, 0.6) is 0 Å². The van der Waals surface area contributed by atoms with Gasteiger partial charge in [-0.1, -0.05) is 0 Å². The van der Waals surface area contributed by atoms with Crippen LogP contribution in [-0.2, 0) is 7.05 Å². The number of aromatic nitrogens is 4. The minimum Gasteiger partial charge on any atom is -0.365 e. The summed E-state index contributed by atoms with van der Waals surface area (Å²) in [6.07, 6.45) is 5.19. The number of carbonyl (C=O) groups excluding carboxylic acids is 1. The van der Waals surface area contributed by atoms with E-state index in [1.807, 2.05) is 31.0 Å². The summed E-state index contributed by atoms with van der Waals surface area (Å²) in [5.41, 5.74) is 7.87. The van der Waals surface area contributed by atoms with Crippen LogP contribution in [0.2, 0.25) is 0 Å². The van der Waals surface area contributed by atoms with Gasteiger partial charge in [0.2, 0.25) is 0 Å². The molecular weight excluding hydrogens is 250 g/mol. The first kappa shape index (κ1) is 11.0. The fraction of sp³-hybridized carbons (Fsp3) is 0.182. The van der Waals surface area contributed by atoms with Gasteiger partial charge in [-0.15, -0.1) is 11.3 Å². The molecule has 92 valence electrons. The molecular formula is C11H11N5OS. The third-order valence-electron chi connectivity index (χ3n) is 2.96. The molecule has 0 fully saturated rings. The molecule has 1 amide bonds. The molecule has 0 aliphatic heterocycles. The first-order valence-electron chi connectivity index (χ1n) is 5.34. The minimum atomic E-state index is -0.457. The summed E-state index contributed by atoms with van der Waals surface area (Å²) < 4.78 is 3.49. The topological polar surface area (TPSA) is 78.2 Å². The minimum absolute atomic E-state index is 0.452. The average Bonchev–Trinajstić information content (AvgIpc) is 2.94. The third kappa shape index (κ3) is 1.44. The molecule has 7 heteroatoms. The number of amides is 1. The Kier molecular flexibility index (Phi) is 2.24. The lowest BCUT2D eigenvalue weighted by molar-refractivity contribution is 0.100. The summed E-state index contributed by atoms with van der Waals surface area (Å²) in [6, 6.07) is 0.